The minimum atomic E-state index is -1.14. The van der Waals surface area contributed by atoms with Crippen LogP contribution in [0.5, 0.6) is 0 Å². The second kappa shape index (κ2) is 7.04. The topological polar surface area (TPSA) is 53.8 Å². The van der Waals surface area contributed by atoms with Gasteiger partial charge in [-0.1, -0.05) is 6.07 Å². The van der Waals surface area contributed by atoms with Gasteiger partial charge in [-0.25, -0.2) is 8.78 Å². The first-order chi connectivity index (χ1) is 12.0. The molecule has 1 saturated heterocycles. The summed E-state index contributed by atoms with van der Waals surface area (Å²) in [6.07, 6.45) is 2.02. The van der Waals surface area contributed by atoms with Crippen LogP contribution in [0.3, 0.4) is 0 Å². The van der Waals surface area contributed by atoms with E-state index >= 15 is 0 Å². The highest BCUT2D eigenvalue weighted by molar-refractivity contribution is 5.96. The summed E-state index contributed by atoms with van der Waals surface area (Å²) in [4.78, 5) is 28.1. The van der Waals surface area contributed by atoms with Crippen LogP contribution in [-0.2, 0) is 0 Å². The van der Waals surface area contributed by atoms with Gasteiger partial charge in [-0.3, -0.25) is 9.59 Å². The van der Waals surface area contributed by atoms with E-state index in [0.29, 0.717) is 37.4 Å². The fraction of sp³-hybridized carbons (Fsp3) is 0.333. The van der Waals surface area contributed by atoms with Crippen LogP contribution in [0.15, 0.2) is 34.9 Å². The molecule has 132 valence electrons. The molecule has 0 N–H and O–H groups in total. The highest BCUT2D eigenvalue weighted by Gasteiger charge is 2.26. The van der Waals surface area contributed by atoms with Crippen molar-refractivity contribution in [3.05, 3.63) is 59.1 Å². The van der Waals surface area contributed by atoms with E-state index in [-0.39, 0.29) is 18.0 Å². The Kier molecular flexibility index (Phi) is 4.83. The van der Waals surface area contributed by atoms with Gasteiger partial charge in [0.25, 0.3) is 11.8 Å². The number of aryl methyl sites for hydroxylation is 1. The Morgan fingerprint density at radius 2 is 1.60 bits per heavy atom. The molecule has 2 aromatic rings. The molecule has 1 aromatic carbocycles. The minimum Gasteiger partial charge on any atom is -0.469 e. The van der Waals surface area contributed by atoms with Crippen molar-refractivity contribution in [1.82, 2.24) is 9.80 Å². The van der Waals surface area contributed by atoms with Crippen LogP contribution in [0.1, 0.15) is 32.9 Å². The van der Waals surface area contributed by atoms with E-state index in [1.807, 2.05) is 0 Å². The Labute approximate surface area is 143 Å². The molecule has 0 aliphatic carbocycles. The Hall–Kier alpha value is -2.70. The first kappa shape index (κ1) is 17.1. The standard InChI is InChI=1S/C18H18F2N2O3/c1-12-13(6-11-25-12)17(23)21-7-3-8-22(10-9-21)18(24)14-4-2-5-15(19)16(14)20/h2,4-6,11H,3,7-10H2,1H3. The molecule has 1 fully saturated rings. The van der Waals surface area contributed by atoms with Crippen molar-refractivity contribution in [2.24, 2.45) is 0 Å². The molecule has 1 aliphatic rings. The van der Waals surface area contributed by atoms with Crippen molar-refractivity contribution in [2.75, 3.05) is 26.2 Å². The zero-order valence-corrected chi connectivity index (χ0v) is 13.8. The highest BCUT2D eigenvalue weighted by atomic mass is 19.2. The Morgan fingerprint density at radius 1 is 0.960 bits per heavy atom. The average Bonchev–Trinajstić information content (AvgIpc) is 2.88. The van der Waals surface area contributed by atoms with Crippen LogP contribution in [0, 0.1) is 18.6 Å². The van der Waals surface area contributed by atoms with Gasteiger partial charge in [0.2, 0.25) is 0 Å². The number of furan rings is 1. The quantitative estimate of drug-likeness (QED) is 0.839. The number of amides is 2. The predicted molar refractivity (Wildman–Crippen MR) is 86.2 cm³/mol. The second-order valence-electron chi connectivity index (χ2n) is 5.93. The number of carbonyl (C=O) groups is 2. The molecule has 1 aromatic heterocycles. The normalized spacial score (nSPS) is 15.2. The summed E-state index contributed by atoms with van der Waals surface area (Å²) in [5.41, 5.74) is 0.210. The summed E-state index contributed by atoms with van der Waals surface area (Å²) in [6.45, 7) is 3.17. The van der Waals surface area contributed by atoms with Crippen molar-refractivity contribution in [1.29, 1.82) is 0 Å². The molecule has 0 atom stereocenters. The highest BCUT2D eigenvalue weighted by Crippen LogP contribution is 2.17. The van der Waals surface area contributed by atoms with Crippen molar-refractivity contribution in [3.8, 4) is 0 Å². The van der Waals surface area contributed by atoms with E-state index < -0.39 is 17.5 Å². The van der Waals surface area contributed by atoms with Crippen LogP contribution in [0.4, 0.5) is 8.78 Å². The Bertz CT molecular complexity index is 803. The van der Waals surface area contributed by atoms with E-state index in [1.54, 1.807) is 17.9 Å². The van der Waals surface area contributed by atoms with Gasteiger partial charge in [-0.05, 0) is 31.5 Å². The van der Waals surface area contributed by atoms with Crippen molar-refractivity contribution >= 4 is 11.8 Å². The zero-order chi connectivity index (χ0) is 18.0. The lowest BCUT2D eigenvalue weighted by molar-refractivity contribution is 0.0714. The number of halogens is 2. The predicted octanol–water partition coefficient (Wildman–Crippen LogP) is 2.85. The summed E-state index contributed by atoms with van der Waals surface area (Å²) in [5, 5.41) is 0. The van der Waals surface area contributed by atoms with E-state index in [0.717, 1.165) is 6.07 Å². The van der Waals surface area contributed by atoms with Crippen molar-refractivity contribution in [3.63, 3.8) is 0 Å². The zero-order valence-electron chi connectivity index (χ0n) is 13.8. The summed E-state index contributed by atoms with van der Waals surface area (Å²) in [5.74, 6) is -2.36. The Morgan fingerprint density at radius 3 is 2.20 bits per heavy atom. The summed E-state index contributed by atoms with van der Waals surface area (Å²) < 4.78 is 32.3. The third kappa shape index (κ3) is 3.40. The second-order valence-corrected chi connectivity index (χ2v) is 5.93. The molecule has 25 heavy (non-hydrogen) atoms. The van der Waals surface area contributed by atoms with Gasteiger partial charge in [0.1, 0.15) is 5.76 Å². The van der Waals surface area contributed by atoms with Crippen LogP contribution in [-0.4, -0.2) is 47.8 Å². The largest absolute Gasteiger partial charge is 0.469 e. The number of benzene rings is 1. The van der Waals surface area contributed by atoms with Crippen LogP contribution in [0.2, 0.25) is 0 Å². The minimum absolute atomic E-state index is 0.155. The van der Waals surface area contributed by atoms with Crippen molar-refractivity contribution < 1.29 is 22.8 Å². The smallest absolute Gasteiger partial charge is 0.257 e. The fourth-order valence-electron chi connectivity index (χ4n) is 2.94. The molecule has 0 saturated carbocycles. The SMILES string of the molecule is Cc1occc1C(=O)N1CCCN(C(=O)c2cccc(F)c2F)CC1. The lowest BCUT2D eigenvalue weighted by Gasteiger charge is -2.22. The van der Waals surface area contributed by atoms with E-state index in [4.69, 9.17) is 4.42 Å². The number of hydrogen-bond donors (Lipinski definition) is 0. The van der Waals surface area contributed by atoms with E-state index in [1.165, 1.54) is 23.3 Å². The third-order valence-electron chi connectivity index (χ3n) is 4.34. The molecule has 0 unspecified atom stereocenters. The van der Waals surface area contributed by atoms with E-state index in [2.05, 4.69) is 0 Å². The third-order valence-corrected chi connectivity index (χ3v) is 4.34. The molecule has 0 bridgehead atoms. The van der Waals surface area contributed by atoms with Gasteiger partial charge in [-0.15, -0.1) is 0 Å². The van der Waals surface area contributed by atoms with Gasteiger partial charge in [0.15, 0.2) is 11.6 Å². The maximum atomic E-state index is 13.8. The maximum absolute atomic E-state index is 13.8. The molecule has 0 spiro atoms. The first-order valence-corrected chi connectivity index (χ1v) is 8.05. The number of rotatable bonds is 2. The number of carbonyl (C=O) groups excluding carboxylic acids is 2. The first-order valence-electron chi connectivity index (χ1n) is 8.05. The van der Waals surface area contributed by atoms with Gasteiger partial charge in [0.05, 0.1) is 17.4 Å². The van der Waals surface area contributed by atoms with Crippen molar-refractivity contribution in [2.45, 2.75) is 13.3 Å². The Balaban J connectivity index is 1.71. The molecule has 1 aliphatic heterocycles. The maximum Gasteiger partial charge on any atom is 0.257 e. The number of nitrogens with zero attached hydrogens (tertiary/aromatic N) is 2. The molecule has 3 rings (SSSR count). The molecule has 2 heterocycles. The van der Waals surface area contributed by atoms with Gasteiger partial charge < -0.3 is 14.2 Å². The monoisotopic (exact) mass is 348 g/mol. The number of hydrogen-bond acceptors (Lipinski definition) is 3. The van der Waals surface area contributed by atoms with E-state index in [9.17, 15) is 18.4 Å². The van der Waals surface area contributed by atoms with Gasteiger partial charge >= 0.3 is 0 Å². The summed E-state index contributed by atoms with van der Waals surface area (Å²) in [7, 11) is 0. The molecule has 5 nitrogen and oxygen atoms in total. The van der Waals surface area contributed by atoms with Gasteiger partial charge in [0, 0.05) is 26.2 Å². The lowest BCUT2D eigenvalue weighted by Crippen LogP contribution is -2.37. The summed E-state index contributed by atoms with van der Waals surface area (Å²) >= 11 is 0. The van der Waals surface area contributed by atoms with Gasteiger partial charge in [-0.2, -0.15) is 0 Å². The fourth-order valence-corrected chi connectivity index (χ4v) is 2.94. The molecular weight excluding hydrogens is 330 g/mol. The molecule has 7 heteroatoms. The molecule has 2 amide bonds. The molecular formula is C18H18F2N2O3. The lowest BCUT2D eigenvalue weighted by atomic mass is 10.1. The summed E-state index contributed by atoms with van der Waals surface area (Å²) in [6, 6.07) is 5.17. The van der Waals surface area contributed by atoms with Crippen LogP contribution in [0.25, 0.3) is 0 Å². The molecule has 0 radical (unpaired) electrons. The van der Waals surface area contributed by atoms with Crippen LogP contribution < -0.4 is 0 Å². The van der Waals surface area contributed by atoms with Crippen LogP contribution >= 0.6 is 0 Å². The average molecular weight is 348 g/mol.